The smallest absolute Gasteiger partial charge is 0.254 e. The number of hydrogen-bond acceptors (Lipinski definition) is 3. The molecular formula is C18H21N5O. The van der Waals surface area contributed by atoms with Crippen molar-refractivity contribution in [1.29, 1.82) is 0 Å². The number of rotatable bonds is 2. The number of aromatic nitrogens is 4. The van der Waals surface area contributed by atoms with Crippen LogP contribution >= 0.6 is 0 Å². The van der Waals surface area contributed by atoms with Crippen molar-refractivity contribution in [3.8, 4) is 0 Å². The predicted octanol–water partition coefficient (Wildman–Crippen LogP) is 2.56. The van der Waals surface area contributed by atoms with Crippen LogP contribution in [0.5, 0.6) is 0 Å². The maximum absolute atomic E-state index is 12.9. The molecule has 0 radical (unpaired) electrons. The number of nitrogens with zero attached hydrogens (tertiary/aromatic N) is 5. The minimum Gasteiger partial charge on any atom is -0.337 e. The van der Waals surface area contributed by atoms with E-state index in [1.54, 1.807) is 6.20 Å². The number of hydrogen-bond donors (Lipinski definition) is 0. The first-order valence-corrected chi connectivity index (χ1v) is 8.33. The monoisotopic (exact) mass is 323 g/mol. The number of carbonyl (C=O) groups excluding carboxylic acids is 1. The van der Waals surface area contributed by atoms with Gasteiger partial charge in [0.15, 0.2) is 0 Å². The van der Waals surface area contributed by atoms with Gasteiger partial charge in [0.1, 0.15) is 5.82 Å². The van der Waals surface area contributed by atoms with Gasteiger partial charge < -0.3 is 14.0 Å². The van der Waals surface area contributed by atoms with Gasteiger partial charge in [-0.1, -0.05) is 0 Å². The molecule has 0 aliphatic carbocycles. The fourth-order valence-corrected chi connectivity index (χ4v) is 3.50. The second kappa shape index (κ2) is 5.78. The molecule has 1 aliphatic rings. The molecule has 6 nitrogen and oxygen atoms in total. The highest BCUT2D eigenvalue weighted by Gasteiger charge is 2.25. The number of carbonyl (C=O) groups is 1. The van der Waals surface area contributed by atoms with Gasteiger partial charge in [0, 0.05) is 38.1 Å². The molecule has 1 amide bonds. The Balaban J connectivity index is 1.58. The maximum Gasteiger partial charge on any atom is 0.254 e. The fourth-order valence-electron chi connectivity index (χ4n) is 3.50. The van der Waals surface area contributed by atoms with Crippen LogP contribution in [0.3, 0.4) is 0 Å². The fraction of sp³-hybridized carbons (Fsp3) is 0.389. The Morgan fingerprint density at radius 1 is 1.33 bits per heavy atom. The van der Waals surface area contributed by atoms with E-state index in [1.165, 1.54) is 0 Å². The topological polar surface area (TPSA) is 56.0 Å². The van der Waals surface area contributed by atoms with E-state index in [-0.39, 0.29) is 5.91 Å². The van der Waals surface area contributed by atoms with Crippen LogP contribution in [0, 0.1) is 6.92 Å². The van der Waals surface area contributed by atoms with Crippen molar-refractivity contribution < 1.29 is 4.79 Å². The molecule has 4 rings (SSSR count). The van der Waals surface area contributed by atoms with Gasteiger partial charge in [-0.05, 0) is 38.0 Å². The molecule has 3 aromatic rings. The molecule has 0 saturated carbocycles. The number of piperidine rings is 1. The number of imidazole rings is 2. The van der Waals surface area contributed by atoms with Gasteiger partial charge in [0.25, 0.3) is 5.91 Å². The zero-order chi connectivity index (χ0) is 16.7. The Bertz CT molecular complexity index is 880. The van der Waals surface area contributed by atoms with Gasteiger partial charge in [0.05, 0.1) is 23.4 Å². The zero-order valence-electron chi connectivity index (χ0n) is 14.0. The number of amides is 1. The Morgan fingerprint density at radius 2 is 2.21 bits per heavy atom. The van der Waals surface area contributed by atoms with Crippen LogP contribution in [0.1, 0.15) is 35.1 Å². The minimum absolute atomic E-state index is 0.0880. The molecule has 1 saturated heterocycles. The van der Waals surface area contributed by atoms with Crippen molar-refractivity contribution in [2.45, 2.75) is 25.8 Å². The summed E-state index contributed by atoms with van der Waals surface area (Å²) in [6, 6.07) is 6.11. The van der Waals surface area contributed by atoms with Crippen LogP contribution in [-0.4, -0.2) is 43.0 Å². The van der Waals surface area contributed by atoms with Gasteiger partial charge in [-0.2, -0.15) is 0 Å². The maximum atomic E-state index is 12.9. The van der Waals surface area contributed by atoms with Crippen LogP contribution < -0.4 is 0 Å². The molecule has 3 heterocycles. The Labute approximate surface area is 140 Å². The average Bonchev–Trinajstić information content (AvgIpc) is 3.23. The molecule has 2 aromatic heterocycles. The van der Waals surface area contributed by atoms with Crippen molar-refractivity contribution in [2.75, 3.05) is 13.1 Å². The van der Waals surface area contributed by atoms with Gasteiger partial charge in [-0.15, -0.1) is 0 Å². The van der Waals surface area contributed by atoms with E-state index in [9.17, 15) is 4.79 Å². The van der Waals surface area contributed by atoms with E-state index in [0.29, 0.717) is 11.6 Å². The number of fused-ring (bicyclic) bond motifs is 1. The molecule has 0 unspecified atom stereocenters. The highest BCUT2D eigenvalue weighted by molar-refractivity contribution is 5.97. The molecule has 1 aliphatic heterocycles. The third kappa shape index (κ3) is 2.48. The first kappa shape index (κ1) is 14.9. The lowest BCUT2D eigenvalue weighted by atomic mass is 10.0. The zero-order valence-corrected chi connectivity index (χ0v) is 14.0. The highest BCUT2D eigenvalue weighted by Crippen LogP contribution is 2.24. The summed E-state index contributed by atoms with van der Waals surface area (Å²) in [5, 5.41) is 0. The van der Waals surface area contributed by atoms with Gasteiger partial charge >= 0.3 is 0 Å². The summed E-state index contributed by atoms with van der Waals surface area (Å²) in [6.07, 6.45) is 7.69. The predicted molar refractivity (Wildman–Crippen MR) is 91.9 cm³/mol. The van der Waals surface area contributed by atoms with Gasteiger partial charge in [-0.25, -0.2) is 9.97 Å². The van der Waals surface area contributed by atoms with Crippen molar-refractivity contribution >= 4 is 16.9 Å². The van der Waals surface area contributed by atoms with E-state index in [0.717, 1.165) is 42.8 Å². The highest BCUT2D eigenvalue weighted by atomic mass is 16.2. The van der Waals surface area contributed by atoms with Crippen molar-refractivity contribution in [1.82, 2.24) is 24.0 Å². The first-order valence-electron chi connectivity index (χ1n) is 8.33. The number of benzene rings is 1. The summed E-state index contributed by atoms with van der Waals surface area (Å²) in [5.41, 5.74) is 2.65. The molecule has 1 fully saturated rings. The molecule has 0 bridgehead atoms. The third-order valence-electron chi connectivity index (χ3n) is 4.98. The van der Waals surface area contributed by atoms with E-state index in [2.05, 4.69) is 14.5 Å². The van der Waals surface area contributed by atoms with E-state index in [4.69, 9.17) is 0 Å². The molecule has 124 valence electrons. The van der Waals surface area contributed by atoms with Crippen LogP contribution in [0.25, 0.3) is 11.0 Å². The molecule has 6 heteroatoms. The van der Waals surface area contributed by atoms with E-state index in [1.807, 2.05) is 54.2 Å². The molecule has 1 aromatic carbocycles. The molecule has 0 N–H and O–H groups in total. The van der Waals surface area contributed by atoms with Crippen molar-refractivity contribution in [2.24, 2.45) is 7.05 Å². The summed E-state index contributed by atoms with van der Waals surface area (Å²) < 4.78 is 4.14. The lowest BCUT2D eigenvalue weighted by Gasteiger charge is -2.33. The summed E-state index contributed by atoms with van der Waals surface area (Å²) in [6.45, 7) is 3.51. The standard InChI is InChI=1S/C18H21N5O/c1-13-20-16-10-14(5-6-17(16)21(13)2)18(24)22-8-3-4-15(11-22)23-9-7-19-12-23/h5-7,9-10,12,15H,3-4,8,11H2,1-2H3/t15-/m0/s1. The van der Waals surface area contributed by atoms with E-state index < -0.39 is 0 Å². The summed E-state index contributed by atoms with van der Waals surface area (Å²) in [5.74, 6) is 1.04. The van der Waals surface area contributed by atoms with Crippen LogP contribution in [0.2, 0.25) is 0 Å². The van der Waals surface area contributed by atoms with E-state index >= 15 is 0 Å². The first-order chi connectivity index (χ1) is 11.6. The van der Waals surface area contributed by atoms with Crippen molar-refractivity contribution in [3.63, 3.8) is 0 Å². The molecular weight excluding hydrogens is 302 g/mol. The molecule has 24 heavy (non-hydrogen) atoms. The molecule has 0 spiro atoms. The third-order valence-corrected chi connectivity index (χ3v) is 4.98. The Hall–Kier alpha value is -2.63. The Kier molecular flexibility index (Phi) is 3.59. The lowest BCUT2D eigenvalue weighted by Crippen LogP contribution is -2.40. The van der Waals surface area contributed by atoms with Gasteiger partial charge in [0.2, 0.25) is 0 Å². The molecule has 1 atom stereocenters. The summed E-state index contributed by atoms with van der Waals surface area (Å²) >= 11 is 0. The average molecular weight is 323 g/mol. The van der Waals surface area contributed by atoms with Gasteiger partial charge in [-0.3, -0.25) is 4.79 Å². The Morgan fingerprint density at radius 3 is 3.00 bits per heavy atom. The second-order valence-electron chi connectivity index (χ2n) is 6.48. The van der Waals surface area contributed by atoms with Crippen LogP contribution in [0.4, 0.5) is 0 Å². The summed E-state index contributed by atoms with van der Waals surface area (Å²) in [4.78, 5) is 23.5. The normalized spacial score (nSPS) is 18.2. The van der Waals surface area contributed by atoms with Crippen LogP contribution in [0.15, 0.2) is 36.9 Å². The lowest BCUT2D eigenvalue weighted by molar-refractivity contribution is 0.0679. The quantitative estimate of drug-likeness (QED) is 0.728. The van der Waals surface area contributed by atoms with Crippen LogP contribution in [-0.2, 0) is 7.05 Å². The number of aryl methyl sites for hydroxylation is 2. The number of likely N-dealkylation sites (tertiary alicyclic amines) is 1. The largest absolute Gasteiger partial charge is 0.337 e. The van der Waals surface area contributed by atoms with Crippen molar-refractivity contribution in [3.05, 3.63) is 48.3 Å². The summed E-state index contributed by atoms with van der Waals surface area (Å²) in [7, 11) is 1.99. The SMILES string of the molecule is Cc1nc2cc(C(=O)N3CCC[C@H](n4ccnc4)C3)ccc2n1C. The minimum atomic E-state index is 0.0880. The second-order valence-corrected chi connectivity index (χ2v) is 6.48.